The zero-order valence-corrected chi connectivity index (χ0v) is 10.3. The molecule has 0 radical (unpaired) electrons. The first-order valence-electron chi connectivity index (χ1n) is 6.33. The molecule has 17 heavy (non-hydrogen) atoms. The van der Waals surface area contributed by atoms with Gasteiger partial charge in [0.05, 0.1) is 5.52 Å². The van der Waals surface area contributed by atoms with E-state index in [1.807, 2.05) is 6.20 Å². The van der Waals surface area contributed by atoms with Crippen LogP contribution in [0.15, 0.2) is 12.3 Å². The van der Waals surface area contributed by atoms with Gasteiger partial charge in [0, 0.05) is 18.2 Å². The summed E-state index contributed by atoms with van der Waals surface area (Å²) in [4.78, 5) is 12.3. The van der Waals surface area contributed by atoms with Crippen LogP contribution in [-0.2, 0) is 0 Å². The number of hydrogen-bond acceptors (Lipinski definition) is 3. The molecule has 3 heterocycles. The molecule has 0 saturated carbocycles. The van der Waals surface area contributed by atoms with Gasteiger partial charge in [-0.2, -0.15) is 0 Å². The smallest absolute Gasteiger partial charge is 0.178 e. The first-order valence-corrected chi connectivity index (χ1v) is 6.33. The molecule has 1 unspecified atom stereocenters. The fourth-order valence-corrected chi connectivity index (χ4v) is 2.46. The van der Waals surface area contributed by atoms with Crippen molar-refractivity contribution in [1.82, 2.24) is 20.3 Å². The molecule has 2 N–H and O–H groups in total. The maximum atomic E-state index is 4.55. The molecule has 4 nitrogen and oxygen atoms in total. The normalized spacial score (nSPS) is 20.5. The molecule has 1 aliphatic rings. The van der Waals surface area contributed by atoms with Crippen LogP contribution in [0, 0.1) is 0 Å². The highest BCUT2D eigenvalue weighted by molar-refractivity contribution is 5.75. The minimum Gasteiger partial charge on any atom is -0.340 e. The zero-order chi connectivity index (χ0) is 11.8. The quantitative estimate of drug-likeness (QED) is 0.833. The Balaban J connectivity index is 2.11. The van der Waals surface area contributed by atoms with E-state index in [9.17, 15) is 0 Å². The second kappa shape index (κ2) is 4.11. The standard InChI is InChI=1S/C13H18N4/c1-8(2)12-16-11-9(10-4-3-6-14-10)5-7-15-13(11)17-12/h5,7-8,10,14H,3-4,6H2,1-2H3,(H,15,16,17). The number of pyridine rings is 1. The van der Waals surface area contributed by atoms with Crippen LogP contribution in [0.5, 0.6) is 0 Å². The van der Waals surface area contributed by atoms with E-state index in [4.69, 9.17) is 0 Å². The van der Waals surface area contributed by atoms with Gasteiger partial charge in [-0.05, 0) is 31.0 Å². The first kappa shape index (κ1) is 10.7. The number of hydrogen-bond donors (Lipinski definition) is 2. The summed E-state index contributed by atoms with van der Waals surface area (Å²) in [6.07, 6.45) is 4.32. The molecule has 1 fully saturated rings. The number of aromatic amines is 1. The molecule has 0 aromatic carbocycles. The summed E-state index contributed by atoms with van der Waals surface area (Å²) in [5.74, 6) is 1.44. The predicted molar refractivity (Wildman–Crippen MR) is 68.0 cm³/mol. The van der Waals surface area contributed by atoms with Gasteiger partial charge < -0.3 is 10.3 Å². The summed E-state index contributed by atoms with van der Waals surface area (Å²) < 4.78 is 0. The fourth-order valence-electron chi connectivity index (χ4n) is 2.46. The van der Waals surface area contributed by atoms with Gasteiger partial charge in [0.15, 0.2) is 5.65 Å². The molecule has 0 bridgehead atoms. The molecule has 3 rings (SSSR count). The summed E-state index contributed by atoms with van der Waals surface area (Å²) in [7, 11) is 0. The zero-order valence-electron chi connectivity index (χ0n) is 10.3. The van der Waals surface area contributed by atoms with Crippen molar-refractivity contribution in [3.8, 4) is 0 Å². The third kappa shape index (κ3) is 1.82. The monoisotopic (exact) mass is 230 g/mol. The molecule has 0 amide bonds. The maximum Gasteiger partial charge on any atom is 0.178 e. The van der Waals surface area contributed by atoms with Crippen molar-refractivity contribution in [2.45, 2.75) is 38.6 Å². The van der Waals surface area contributed by atoms with Gasteiger partial charge in [0.1, 0.15) is 5.82 Å². The third-order valence-electron chi connectivity index (χ3n) is 3.43. The number of fused-ring (bicyclic) bond motifs is 1. The van der Waals surface area contributed by atoms with E-state index in [2.05, 4.69) is 40.2 Å². The van der Waals surface area contributed by atoms with Crippen molar-refractivity contribution in [2.75, 3.05) is 6.54 Å². The van der Waals surface area contributed by atoms with E-state index < -0.39 is 0 Å². The lowest BCUT2D eigenvalue weighted by Crippen LogP contribution is -2.13. The van der Waals surface area contributed by atoms with E-state index in [0.29, 0.717) is 12.0 Å². The highest BCUT2D eigenvalue weighted by Crippen LogP contribution is 2.28. The van der Waals surface area contributed by atoms with E-state index in [-0.39, 0.29) is 0 Å². The molecule has 1 aliphatic heterocycles. The van der Waals surface area contributed by atoms with Gasteiger partial charge in [0.25, 0.3) is 0 Å². The summed E-state index contributed by atoms with van der Waals surface area (Å²) in [6.45, 7) is 5.40. The largest absolute Gasteiger partial charge is 0.340 e. The SMILES string of the molecule is CC(C)c1nc2nccc(C3CCCN3)c2[nH]1. The van der Waals surface area contributed by atoms with Crippen molar-refractivity contribution in [3.05, 3.63) is 23.7 Å². The first-order chi connectivity index (χ1) is 8.25. The molecule has 2 aromatic rings. The highest BCUT2D eigenvalue weighted by atomic mass is 15.0. The summed E-state index contributed by atoms with van der Waals surface area (Å²) in [5, 5.41) is 3.53. The van der Waals surface area contributed by atoms with E-state index >= 15 is 0 Å². The van der Waals surface area contributed by atoms with Crippen LogP contribution < -0.4 is 5.32 Å². The molecule has 1 atom stereocenters. The van der Waals surface area contributed by atoms with E-state index in [1.54, 1.807) is 0 Å². The van der Waals surface area contributed by atoms with E-state index in [1.165, 1.54) is 18.4 Å². The third-order valence-corrected chi connectivity index (χ3v) is 3.43. The van der Waals surface area contributed by atoms with Crippen LogP contribution >= 0.6 is 0 Å². The Bertz CT molecular complexity index is 523. The predicted octanol–water partition coefficient (Wildman–Crippen LogP) is 2.51. The Morgan fingerprint density at radius 3 is 3.00 bits per heavy atom. The lowest BCUT2D eigenvalue weighted by Gasteiger charge is -2.10. The van der Waals surface area contributed by atoms with Crippen LogP contribution in [-0.4, -0.2) is 21.5 Å². The minimum atomic E-state index is 0.411. The lowest BCUT2D eigenvalue weighted by molar-refractivity contribution is 0.651. The second-order valence-electron chi connectivity index (χ2n) is 5.02. The molecular formula is C13H18N4. The van der Waals surface area contributed by atoms with Crippen LogP contribution in [0.3, 0.4) is 0 Å². The maximum absolute atomic E-state index is 4.55. The van der Waals surface area contributed by atoms with Crippen molar-refractivity contribution in [2.24, 2.45) is 0 Å². The Hall–Kier alpha value is -1.42. The Kier molecular flexibility index (Phi) is 2.59. The van der Waals surface area contributed by atoms with E-state index in [0.717, 1.165) is 23.5 Å². The van der Waals surface area contributed by atoms with Gasteiger partial charge in [0.2, 0.25) is 0 Å². The molecular weight excluding hydrogens is 212 g/mol. The van der Waals surface area contributed by atoms with Crippen molar-refractivity contribution in [3.63, 3.8) is 0 Å². The van der Waals surface area contributed by atoms with Crippen LogP contribution in [0.4, 0.5) is 0 Å². The Morgan fingerprint density at radius 1 is 1.41 bits per heavy atom. The molecule has 1 saturated heterocycles. The fraction of sp³-hybridized carbons (Fsp3) is 0.538. The average Bonchev–Trinajstić information content (AvgIpc) is 2.97. The molecule has 90 valence electrons. The molecule has 0 spiro atoms. The van der Waals surface area contributed by atoms with Gasteiger partial charge >= 0.3 is 0 Å². The number of H-pyrrole nitrogens is 1. The van der Waals surface area contributed by atoms with Gasteiger partial charge in [-0.15, -0.1) is 0 Å². The number of nitrogens with one attached hydrogen (secondary N) is 2. The van der Waals surface area contributed by atoms with Gasteiger partial charge in [-0.3, -0.25) is 0 Å². The number of rotatable bonds is 2. The van der Waals surface area contributed by atoms with Crippen molar-refractivity contribution < 1.29 is 0 Å². The molecule has 2 aromatic heterocycles. The summed E-state index contributed by atoms with van der Waals surface area (Å²) >= 11 is 0. The van der Waals surface area contributed by atoms with Crippen LogP contribution in [0.1, 0.15) is 50.0 Å². The van der Waals surface area contributed by atoms with Crippen LogP contribution in [0.2, 0.25) is 0 Å². The lowest BCUT2D eigenvalue weighted by atomic mass is 10.1. The summed E-state index contributed by atoms with van der Waals surface area (Å²) in [5.41, 5.74) is 3.27. The highest BCUT2D eigenvalue weighted by Gasteiger charge is 2.20. The van der Waals surface area contributed by atoms with Crippen molar-refractivity contribution >= 4 is 11.2 Å². The van der Waals surface area contributed by atoms with Crippen LogP contribution in [0.25, 0.3) is 11.2 Å². The van der Waals surface area contributed by atoms with Gasteiger partial charge in [-0.25, -0.2) is 9.97 Å². The minimum absolute atomic E-state index is 0.411. The average molecular weight is 230 g/mol. The number of nitrogens with zero attached hydrogens (tertiary/aromatic N) is 2. The number of imidazole rings is 1. The molecule has 4 heteroatoms. The second-order valence-corrected chi connectivity index (χ2v) is 5.02. The summed E-state index contributed by atoms with van der Waals surface area (Å²) in [6, 6.07) is 2.56. The van der Waals surface area contributed by atoms with Gasteiger partial charge in [-0.1, -0.05) is 13.8 Å². The topological polar surface area (TPSA) is 53.6 Å². The number of aromatic nitrogens is 3. The molecule has 0 aliphatic carbocycles. The Labute approximate surface area is 101 Å². The Morgan fingerprint density at radius 2 is 2.29 bits per heavy atom. The van der Waals surface area contributed by atoms with Crippen molar-refractivity contribution in [1.29, 1.82) is 0 Å².